The van der Waals surface area contributed by atoms with Crippen LogP contribution in [-0.2, 0) is 4.74 Å². The van der Waals surface area contributed by atoms with Gasteiger partial charge in [0.25, 0.3) is 0 Å². The van der Waals surface area contributed by atoms with E-state index in [4.69, 9.17) is 4.74 Å². The predicted molar refractivity (Wildman–Crippen MR) is 122 cm³/mol. The molecule has 0 bridgehead atoms. The van der Waals surface area contributed by atoms with Crippen LogP contribution in [0.4, 0.5) is 0 Å². The normalized spacial score (nSPS) is 21.1. The molecule has 154 valence electrons. The molecule has 1 aliphatic carbocycles. The van der Waals surface area contributed by atoms with E-state index in [1.807, 2.05) is 7.05 Å². The van der Waals surface area contributed by atoms with Crippen molar-refractivity contribution in [3.63, 3.8) is 0 Å². The van der Waals surface area contributed by atoms with Gasteiger partial charge in [-0.25, -0.2) is 0 Å². The molecule has 6 heteroatoms. The maximum atomic E-state index is 6.03. The van der Waals surface area contributed by atoms with Gasteiger partial charge in [0.05, 0.1) is 12.7 Å². The van der Waals surface area contributed by atoms with Gasteiger partial charge in [-0.1, -0.05) is 32.6 Å². The molecule has 0 aromatic carbocycles. The number of halogens is 1. The Morgan fingerprint density at radius 1 is 1.00 bits per heavy atom. The highest BCUT2D eigenvalue weighted by molar-refractivity contribution is 14.0. The lowest BCUT2D eigenvalue weighted by molar-refractivity contribution is 0.0468. The van der Waals surface area contributed by atoms with E-state index >= 15 is 0 Å². The van der Waals surface area contributed by atoms with E-state index in [0.29, 0.717) is 6.10 Å². The van der Waals surface area contributed by atoms with E-state index in [2.05, 4.69) is 27.4 Å². The molecule has 1 saturated carbocycles. The number of aliphatic imine (C=N–C) groups is 1. The van der Waals surface area contributed by atoms with Gasteiger partial charge in [0.15, 0.2) is 5.96 Å². The van der Waals surface area contributed by atoms with E-state index in [1.165, 1.54) is 77.4 Å². The number of piperidine rings is 1. The first-order valence-corrected chi connectivity index (χ1v) is 10.6. The zero-order valence-corrected chi connectivity index (χ0v) is 19.3. The second-order valence-corrected chi connectivity index (χ2v) is 7.58. The van der Waals surface area contributed by atoms with Gasteiger partial charge in [0.2, 0.25) is 0 Å². The molecule has 5 nitrogen and oxygen atoms in total. The van der Waals surface area contributed by atoms with Gasteiger partial charge >= 0.3 is 0 Å². The van der Waals surface area contributed by atoms with Crippen LogP contribution in [0.1, 0.15) is 64.7 Å². The smallest absolute Gasteiger partial charge is 0.191 e. The standard InChI is InChI=1S/C20H40N4O.HI/c1-3-24-15-11-18(12-16-24)10-13-22-20(21-2)23-14-17-25-19-8-6-4-5-7-9-19;/h18-19H,3-17H2,1-2H3,(H2,21,22,23);1H. The summed E-state index contributed by atoms with van der Waals surface area (Å²) in [5.41, 5.74) is 0. The summed E-state index contributed by atoms with van der Waals surface area (Å²) >= 11 is 0. The number of rotatable bonds is 8. The molecular formula is C20H41IN4O. The molecule has 0 atom stereocenters. The highest BCUT2D eigenvalue weighted by atomic mass is 127. The van der Waals surface area contributed by atoms with Crippen molar-refractivity contribution in [3.05, 3.63) is 0 Å². The fourth-order valence-electron chi connectivity index (χ4n) is 4.01. The Morgan fingerprint density at radius 3 is 2.27 bits per heavy atom. The number of ether oxygens (including phenoxy) is 1. The zero-order chi connectivity index (χ0) is 17.7. The monoisotopic (exact) mass is 480 g/mol. The van der Waals surface area contributed by atoms with Crippen molar-refractivity contribution >= 4 is 29.9 Å². The van der Waals surface area contributed by atoms with Gasteiger partial charge in [0, 0.05) is 20.1 Å². The van der Waals surface area contributed by atoms with Crippen LogP contribution < -0.4 is 10.6 Å². The summed E-state index contributed by atoms with van der Waals surface area (Å²) in [7, 11) is 1.85. The van der Waals surface area contributed by atoms with Crippen molar-refractivity contribution in [3.8, 4) is 0 Å². The number of nitrogens with one attached hydrogen (secondary N) is 2. The van der Waals surface area contributed by atoms with E-state index in [-0.39, 0.29) is 24.0 Å². The summed E-state index contributed by atoms with van der Waals surface area (Å²) in [6, 6.07) is 0. The number of guanidine groups is 1. The SMILES string of the molecule is CCN1CCC(CCNC(=NC)NCCOC2CCCCCC2)CC1.I. The molecule has 0 amide bonds. The molecule has 1 heterocycles. The molecule has 0 unspecified atom stereocenters. The molecule has 1 aliphatic heterocycles. The van der Waals surface area contributed by atoms with Crippen LogP contribution in [0.15, 0.2) is 4.99 Å². The van der Waals surface area contributed by atoms with Gasteiger partial charge in [-0.05, 0) is 57.7 Å². The van der Waals surface area contributed by atoms with Crippen molar-refractivity contribution in [1.29, 1.82) is 0 Å². The number of nitrogens with zero attached hydrogens (tertiary/aromatic N) is 2. The molecule has 2 rings (SSSR count). The Bertz CT molecular complexity index is 365. The summed E-state index contributed by atoms with van der Waals surface area (Å²) in [5, 5.41) is 6.84. The largest absolute Gasteiger partial charge is 0.376 e. The molecule has 0 radical (unpaired) electrons. The Kier molecular flexibility index (Phi) is 13.7. The Balaban J connectivity index is 0.00000338. The van der Waals surface area contributed by atoms with Crippen LogP contribution in [0.5, 0.6) is 0 Å². The van der Waals surface area contributed by atoms with Gasteiger partial charge in [-0.3, -0.25) is 4.99 Å². The minimum absolute atomic E-state index is 0. The Hall–Kier alpha value is -0.0800. The van der Waals surface area contributed by atoms with Gasteiger partial charge < -0.3 is 20.3 Å². The van der Waals surface area contributed by atoms with Crippen LogP contribution in [0.25, 0.3) is 0 Å². The van der Waals surface area contributed by atoms with E-state index < -0.39 is 0 Å². The third-order valence-electron chi connectivity index (χ3n) is 5.77. The quantitative estimate of drug-likeness (QED) is 0.183. The molecule has 1 saturated heterocycles. The highest BCUT2D eigenvalue weighted by Gasteiger charge is 2.17. The van der Waals surface area contributed by atoms with Crippen molar-refractivity contribution in [2.45, 2.75) is 70.8 Å². The van der Waals surface area contributed by atoms with Gasteiger partial charge in [-0.15, -0.1) is 24.0 Å². The fourth-order valence-corrected chi connectivity index (χ4v) is 4.01. The molecule has 2 aliphatic rings. The van der Waals surface area contributed by atoms with Crippen molar-refractivity contribution in [2.75, 3.05) is 46.4 Å². The fraction of sp³-hybridized carbons (Fsp3) is 0.950. The molecule has 0 aromatic rings. The van der Waals surface area contributed by atoms with Gasteiger partial charge in [-0.2, -0.15) is 0 Å². The maximum absolute atomic E-state index is 6.03. The topological polar surface area (TPSA) is 48.9 Å². The lowest BCUT2D eigenvalue weighted by Gasteiger charge is -2.31. The van der Waals surface area contributed by atoms with Crippen LogP contribution in [-0.4, -0.2) is 63.3 Å². The number of likely N-dealkylation sites (tertiary alicyclic amines) is 1. The van der Waals surface area contributed by atoms with Crippen molar-refractivity contribution in [2.24, 2.45) is 10.9 Å². The van der Waals surface area contributed by atoms with Crippen LogP contribution >= 0.6 is 24.0 Å². The molecule has 0 spiro atoms. The summed E-state index contributed by atoms with van der Waals surface area (Å²) < 4.78 is 6.03. The Labute approximate surface area is 178 Å². The zero-order valence-electron chi connectivity index (χ0n) is 17.0. The average Bonchev–Trinajstić information content (AvgIpc) is 2.93. The first kappa shape index (κ1) is 24.0. The van der Waals surface area contributed by atoms with Crippen LogP contribution in [0, 0.1) is 5.92 Å². The molecule has 2 fully saturated rings. The number of hydrogen-bond acceptors (Lipinski definition) is 3. The lowest BCUT2D eigenvalue weighted by atomic mass is 9.93. The first-order valence-electron chi connectivity index (χ1n) is 10.6. The Morgan fingerprint density at radius 2 is 1.65 bits per heavy atom. The molecule has 0 aromatic heterocycles. The minimum atomic E-state index is 0. The highest BCUT2D eigenvalue weighted by Crippen LogP contribution is 2.20. The summed E-state index contributed by atoms with van der Waals surface area (Å²) in [6.45, 7) is 8.63. The predicted octanol–water partition coefficient (Wildman–Crippen LogP) is 3.63. The van der Waals surface area contributed by atoms with E-state index in [9.17, 15) is 0 Å². The van der Waals surface area contributed by atoms with Crippen molar-refractivity contribution in [1.82, 2.24) is 15.5 Å². The minimum Gasteiger partial charge on any atom is -0.376 e. The third-order valence-corrected chi connectivity index (χ3v) is 5.77. The summed E-state index contributed by atoms with van der Waals surface area (Å²) in [4.78, 5) is 6.88. The second-order valence-electron chi connectivity index (χ2n) is 7.58. The lowest BCUT2D eigenvalue weighted by Crippen LogP contribution is -2.41. The third kappa shape index (κ3) is 9.74. The van der Waals surface area contributed by atoms with E-state index in [0.717, 1.165) is 31.6 Å². The average molecular weight is 480 g/mol. The van der Waals surface area contributed by atoms with Crippen LogP contribution in [0.3, 0.4) is 0 Å². The second kappa shape index (κ2) is 14.9. The van der Waals surface area contributed by atoms with E-state index in [1.54, 1.807) is 0 Å². The molecule has 26 heavy (non-hydrogen) atoms. The van der Waals surface area contributed by atoms with Crippen LogP contribution in [0.2, 0.25) is 0 Å². The molecular weight excluding hydrogens is 439 g/mol. The molecule has 2 N–H and O–H groups in total. The maximum Gasteiger partial charge on any atom is 0.191 e. The van der Waals surface area contributed by atoms with Gasteiger partial charge in [0.1, 0.15) is 0 Å². The summed E-state index contributed by atoms with van der Waals surface area (Å²) in [6.07, 6.45) is 12.3. The first-order chi connectivity index (χ1) is 12.3. The van der Waals surface area contributed by atoms with Crippen molar-refractivity contribution < 1.29 is 4.74 Å². The summed E-state index contributed by atoms with van der Waals surface area (Å²) in [5.74, 6) is 1.78. The number of hydrogen-bond donors (Lipinski definition) is 2.